The molecule has 1 aromatic carbocycles. The summed E-state index contributed by atoms with van der Waals surface area (Å²) in [6.45, 7) is 2.34. The third-order valence-electron chi connectivity index (χ3n) is 3.24. The molecule has 0 aromatic heterocycles. The first-order chi connectivity index (χ1) is 10.2. The van der Waals surface area contributed by atoms with Gasteiger partial charge in [0.2, 0.25) is 11.7 Å². The first-order valence-electron chi connectivity index (χ1n) is 6.65. The van der Waals surface area contributed by atoms with Gasteiger partial charge in [0, 0.05) is 19.2 Å². The minimum absolute atomic E-state index is 0.0587. The van der Waals surface area contributed by atoms with Gasteiger partial charge in [0.25, 0.3) is 0 Å². The van der Waals surface area contributed by atoms with Crippen molar-refractivity contribution < 1.29 is 24.1 Å². The summed E-state index contributed by atoms with van der Waals surface area (Å²) in [7, 11) is 2.92. The van der Waals surface area contributed by atoms with Crippen LogP contribution in [0.15, 0.2) is 18.2 Å². The number of carbonyl (C=O) groups is 1. The highest BCUT2D eigenvalue weighted by Gasteiger charge is 2.14. The van der Waals surface area contributed by atoms with E-state index in [0.717, 1.165) is 0 Å². The standard InChI is InChI=1S/C15H19NO5/c1-19-12-9-11(10-13(20-2)15(12)18)3-4-14(17)16-5-7-21-8-6-16/h3-4,9-10,18H,5-8H2,1-2H3/b4-3+. The molecule has 1 fully saturated rings. The van der Waals surface area contributed by atoms with Gasteiger partial charge in [0.1, 0.15) is 0 Å². The first-order valence-corrected chi connectivity index (χ1v) is 6.65. The van der Waals surface area contributed by atoms with E-state index < -0.39 is 0 Å². The molecular weight excluding hydrogens is 274 g/mol. The molecule has 2 rings (SSSR count). The molecule has 1 aromatic rings. The number of phenolic OH excluding ortho intramolecular Hbond substituents is 1. The molecule has 1 aliphatic heterocycles. The second kappa shape index (κ2) is 6.99. The molecule has 6 nitrogen and oxygen atoms in total. The molecule has 1 saturated heterocycles. The summed E-state index contributed by atoms with van der Waals surface area (Å²) in [4.78, 5) is 13.8. The number of amides is 1. The molecule has 1 N–H and O–H groups in total. The monoisotopic (exact) mass is 293 g/mol. The topological polar surface area (TPSA) is 68.2 Å². The van der Waals surface area contributed by atoms with E-state index in [1.165, 1.54) is 20.3 Å². The SMILES string of the molecule is COc1cc(/C=C/C(=O)N2CCOCC2)cc(OC)c1O. The van der Waals surface area contributed by atoms with Crippen LogP contribution in [0.25, 0.3) is 6.08 Å². The average Bonchev–Trinajstić information content (AvgIpc) is 2.54. The number of benzene rings is 1. The highest BCUT2D eigenvalue weighted by Crippen LogP contribution is 2.37. The lowest BCUT2D eigenvalue weighted by Gasteiger charge is -2.25. The Balaban J connectivity index is 2.14. The van der Waals surface area contributed by atoms with Crippen molar-refractivity contribution in [2.75, 3.05) is 40.5 Å². The number of carbonyl (C=O) groups excluding carboxylic acids is 1. The summed E-state index contributed by atoms with van der Waals surface area (Å²) in [5.74, 6) is 0.474. The number of hydrogen-bond donors (Lipinski definition) is 1. The Labute approximate surface area is 123 Å². The molecule has 6 heteroatoms. The van der Waals surface area contributed by atoms with Crippen LogP contribution in [0, 0.1) is 0 Å². The third-order valence-corrected chi connectivity index (χ3v) is 3.24. The summed E-state index contributed by atoms with van der Waals surface area (Å²) in [5, 5.41) is 9.83. The first kappa shape index (κ1) is 15.2. The Morgan fingerprint density at radius 3 is 2.33 bits per heavy atom. The zero-order valence-electron chi connectivity index (χ0n) is 12.2. The van der Waals surface area contributed by atoms with Crippen LogP contribution in [-0.4, -0.2) is 56.4 Å². The highest BCUT2D eigenvalue weighted by molar-refractivity contribution is 5.92. The number of rotatable bonds is 4. The van der Waals surface area contributed by atoms with Crippen molar-refractivity contribution in [3.05, 3.63) is 23.8 Å². The summed E-state index contributed by atoms with van der Waals surface area (Å²) in [5.41, 5.74) is 0.711. The van der Waals surface area contributed by atoms with Gasteiger partial charge in [-0.3, -0.25) is 4.79 Å². The van der Waals surface area contributed by atoms with E-state index in [1.807, 2.05) is 0 Å². The van der Waals surface area contributed by atoms with Gasteiger partial charge in [-0.2, -0.15) is 0 Å². The number of nitrogens with zero attached hydrogens (tertiary/aromatic N) is 1. The van der Waals surface area contributed by atoms with Crippen molar-refractivity contribution in [3.63, 3.8) is 0 Å². The number of phenols is 1. The van der Waals surface area contributed by atoms with Crippen LogP contribution in [0.4, 0.5) is 0 Å². The molecule has 21 heavy (non-hydrogen) atoms. The fourth-order valence-corrected chi connectivity index (χ4v) is 2.07. The second-order valence-corrected chi connectivity index (χ2v) is 4.55. The largest absolute Gasteiger partial charge is 0.502 e. The molecule has 114 valence electrons. The highest BCUT2D eigenvalue weighted by atomic mass is 16.5. The van der Waals surface area contributed by atoms with E-state index >= 15 is 0 Å². The summed E-state index contributed by atoms with van der Waals surface area (Å²) >= 11 is 0. The number of hydrogen-bond acceptors (Lipinski definition) is 5. The number of ether oxygens (including phenoxy) is 3. The van der Waals surface area contributed by atoms with Gasteiger partial charge in [-0.15, -0.1) is 0 Å². The van der Waals surface area contributed by atoms with Crippen LogP contribution in [0.1, 0.15) is 5.56 Å². The van der Waals surface area contributed by atoms with Gasteiger partial charge < -0.3 is 24.2 Å². The predicted octanol–water partition coefficient (Wildman–Crippen LogP) is 1.28. The Morgan fingerprint density at radius 1 is 1.24 bits per heavy atom. The molecule has 1 heterocycles. The van der Waals surface area contributed by atoms with Gasteiger partial charge in [0.15, 0.2) is 11.5 Å². The summed E-state index contributed by atoms with van der Waals surface area (Å²) in [6.07, 6.45) is 3.17. The fourth-order valence-electron chi connectivity index (χ4n) is 2.07. The van der Waals surface area contributed by atoms with Gasteiger partial charge in [-0.25, -0.2) is 0 Å². The Morgan fingerprint density at radius 2 is 1.81 bits per heavy atom. The Kier molecular flexibility index (Phi) is 5.05. The normalized spacial score (nSPS) is 15.2. The quantitative estimate of drug-likeness (QED) is 0.847. The van der Waals surface area contributed by atoms with Crippen molar-refractivity contribution in [2.45, 2.75) is 0 Å². The van der Waals surface area contributed by atoms with Gasteiger partial charge >= 0.3 is 0 Å². The number of aromatic hydroxyl groups is 1. The Bertz CT molecular complexity index is 510. The number of methoxy groups -OCH3 is 2. The lowest BCUT2D eigenvalue weighted by molar-refractivity contribution is -0.129. The van der Waals surface area contributed by atoms with Crippen molar-refractivity contribution in [1.29, 1.82) is 0 Å². The lowest BCUT2D eigenvalue weighted by Crippen LogP contribution is -2.39. The van der Waals surface area contributed by atoms with Crippen molar-refractivity contribution in [3.8, 4) is 17.2 Å². The molecule has 0 spiro atoms. The van der Waals surface area contributed by atoms with Crippen LogP contribution < -0.4 is 9.47 Å². The van der Waals surface area contributed by atoms with Gasteiger partial charge in [-0.1, -0.05) is 0 Å². The van der Waals surface area contributed by atoms with E-state index in [1.54, 1.807) is 23.1 Å². The van der Waals surface area contributed by atoms with Crippen molar-refractivity contribution >= 4 is 12.0 Å². The molecule has 0 unspecified atom stereocenters. The maximum Gasteiger partial charge on any atom is 0.246 e. The third kappa shape index (κ3) is 3.66. The molecule has 0 radical (unpaired) electrons. The molecule has 1 aliphatic rings. The predicted molar refractivity (Wildman–Crippen MR) is 77.6 cm³/mol. The molecular formula is C15H19NO5. The van der Waals surface area contributed by atoms with E-state index in [4.69, 9.17) is 14.2 Å². The van der Waals surface area contributed by atoms with E-state index in [2.05, 4.69) is 0 Å². The van der Waals surface area contributed by atoms with Gasteiger partial charge in [-0.05, 0) is 23.8 Å². The Hall–Kier alpha value is -2.21. The smallest absolute Gasteiger partial charge is 0.246 e. The molecule has 0 bridgehead atoms. The van der Waals surface area contributed by atoms with Crippen LogP contribution in [0.3, 0.4) is 0 Å². The van der Waals surface area contributed by atoms with E-state index in [0.29, 0.717) is 43.4 Å². The zero-order valence-corrected chi connectivity index (χ0v) is 12.2. The summed E-state index contributed by atoms with van der Waals surface area (Å²) in [6, 6.07) is 3.28. The van der Waals surface area contributed by atoms with Crippen molar-refractivity contribution in [1.82, 2.24) is 4.90 Å². The summed E-state index contributed by atoms with van der Waals surface area (Å²) < 4.78 is 15.4. The maximum atomic E-state index is 12.0. The molecule has 0 atom stereocenters. The van der Waals surface area contributed by atoms with Crippen LogP contribution >= 0.6 is 0 Å². The van der Waals surface area contributed by atoms with Crippen molar-refractivity contribution in [2.24, 2.45) is 0 Å². The minimum atomic E-state index is -0.0655. The number of morpholine rings is 1. The van der Waals surface area contributed by atoms with Crippen LogP contribution in [0.2, 0.25) is 0 Å². The molecule has 0 saturated carbocycles. The van der Waals surface area contributed by atoms with Gasteiger partial charge in [0.05, 0.1) is 27.4 Å². The maximum absolute atomic E-state index is 12.0. The fraction of sp³-hybridized carbons (Fsp3) is 0.400. The van der Waals surface area contributed by atoms with Crippen LogP contribution in [-0.2, 0) is 9.53 Å². The minimum Gasteiger partial charge on any atom is -0.502 e. The second-order valence-electron chi connectivity index (χ2n) is 4.55. The van der Waals surface area contributed by atoms with Crippen LogP contribution in [0.5, 0.6) is 17.2 Å². The molecule has 1 amide bonds. The van der Waals surface area contributed by atoms with E-state index in [-0.39, 0.29) is 11.7 Å². The zero-order chi connectivity index (χ0) is 15.2. The van der Waals surface area contributed by atoms with E-state index in [9.17, 15) is 9.90 Å². The lowest BCUT2D eigenvalue weighted by atomic mass is 10.1. The molecule has 0 aliphatic carbocycles. The average molecular weight is 293 g/mol.